The van der Waals surface area contributed by atoms with Gasteiger partial charge in [-0.25, -0.2) is 0 Å². The van der Waals surface area contributed by atoms with Gasteiger partial charge in [-0.2, -0.15) is 13.2 Å². The van der Waals surface area contributed by atoms with E-state index in [1.165, 1.54) is 18.3 Å². The molecule has 0 bridgehead atoms. The number of aromatic nitrogens is 2. The Hall–Kier alpha value is -3.65. The summed E-state index contributed by atoms with van der Waals surface area (Å²) in [6, 6.07) is 15.8. The lowest BCUT2D eigenvalue weighted by atomic mass is 10.1. The third kappa shape index (κ3) is 4.50. The predicted molar refractivity (Wildman–Crippen MR) is 116 cm³/mol. The minimum atomic E-state index is -4.39. The maximum absolute atomic E-state index is 12.9. The lowest BCUT2D eigenvalue weighted by Crippen LogP contribution is -2.12. The van der Waals surface area contributed by atoms with Crippen molar-refractivity contribution < 1.29 is 22.7 Å². The Kier molecular flexibility index (Phi) is 5.96. The topological polar surface area (TPSA) is 56.1 Å². The van der Waals surface area contributed by atoms with Crippen molar-refractivity contribution >= 4 is 22.5 Å². The number of nitrogens with zero attached hydrogens (tertiary/aromatic N) is 2. The number of carbonyl (C=O) groups is 1. The number of methoxy groups -OCH3 is 1. The van der Waals surface area contributed by atoms with Gasteiger partial charge in [0.1, 0.15) is 0 Å². The van der Waals surface area contributed by atoms with Crippen molar-refractivity contribution in [2.45, 2.75) is 12.7 Å². The van der Waals surface area contributed by atoms with Crippen LogP contribution in [0.15, 0.2) is 73.1 Å². The lowest BCUT2D eigenvalue weighted by Gasteiger charge is -2.12. The Morgan fingerprint density at radius 2 is 1.88 bits per heavy atom. The van der Waals surface area contributed by atoms with E-state index in [0.717, 1.165) is 28.7 Å². The zero-order chi connectivity index (χ0) is 22.7. The third-order valence-corrected chi connectivity index (χ3v) is 5.11. The van der Waals surface area contributed by atoms with Crippen LogP contribution in [0.5, 0.6) is 0 Å². The molecule has 0 radical (unpaired) electrons. The molecule has 2 aromatic carbocycles. The summed E-state index contributed by atoms with van der Waals surface area (Å²) in [5.41, 5.74) is 2.66. The number of carbonyl (C=O) groups excluding carboxylic acids is 1. The Morgan fingerprint density at radius 1 is 1.09 bits per heavy atom. The molecular weight excluding hydrogens is 419 g/mol. The van der Waals surface area contributed by atoms with Crippen LogP contribution in [0.3, 0.4) is 0 Å². The monoisotopic (exact) mass is 439 g/mol. The average Bonchev–Trinajstić information content (AvgIpc) is 3.15. The molecule has 0 saturated carbocycles. The third-order valence-electron chi connectivity index (χ3n) is 5.11. The summed E-state index contributed by atoms with van der Waals surface area (Å²) >= 11 is 0. The van der Waals surface area contributed by atoms with Gasteiger partial charge in [0.2, 0.25) is 0 Å². The molecule has 2 heterocycles. The van der Waals surface area contributed by atoms with Gasteiger partial charge >= 0.3 is 6.18 Å². The maximum atomic E-state index is 12.9. The zero-order valence-electron chi connectivity index (χ0n) is 17.2. The van der Waals surface area contributed by atoms with Crippen molar-refractivity contribution in [3.8, 4) is 11.3 Å². The fourth-order valence-corrected chi connectivity index (χ4v) is 3.54. The molecule has 2 aromatic heterocycles. The van der Waals surface area contributed by atoms with E-state index in [-0.39, 0.29) is 5.91 Å². The van der Waals surface area contributed by atoms with Crippen LogP contribution in [0.1, 0.15) is 15.9 Å². The summed E-state index contributed by atoms with van der Waals surface area (Å²) < 4.78 is 46.0. The number of alkyl halides is 3. The highest BCUT2D eigenvalue weighted by molar-refractivity contribution is 6.05. The van der Waals surface area contributed by atoms with Gasteiger partial charge in [-0.15, -0.1) is 0 Å². The number of rotatable bonds is 6. The first-order chi connectivity index (χ1) is 15.4. The number of nitrogens with one attached hydrogen (secondary N) is 1. The summed E-state index contributed by atoms with van der Waals surface area (Å²) in [6.07, 6.45) is -1.31. The molecule has 32 heavy (non-hydrogen) atoms. The van der Waals surface area contributed by atoms with Gasteiger partial charge in [0.15, 0.2) is 0 Å². The van der Waals surface area contributed by atoms with Crippen molar-refractivity contribution in [3.63, 3.8) is 0 Å². The Labute approximate surface area is 182 Å². The number of fused-ring (bicyclic) bond motifs is 1. The summed E-state index contributed by atoms with van der Waals surface area (Å²) in [4.78, 5) is 16.4. The normalized spacial score (nSPS) is 11.6. The number of hydrogen-bond acceptors (Lipinski definition) is 3. The zero-order valence-corrected chi connectivity index (χ0v) is 17.2. The molecule has 4 rings (SSSR count). The molecule has 0 spiro atoms. The van der Waals surface area contributed by atoms with E-state index in [1.54, 1.807) is 31.5 Å². The minimum Gasteiger partial charge on any atom is -0.383 e. The summed E-state index contributed by atoms with van der Waals surface area (Å²) in [7, 11) is 1.59. The van der Waals surface area contributed by atoms with Crippen LogP contribution in [0.2, 0.25) is 0 Å². The number of halogens is 3. The van der Waals surface area contributed by atoms with Crippen molar-refractivity contribution in [2.24, 2.45) is 0 Å². The van der Waals surface area contributed by atoms with Crippen LogP contribution in [-0.2, 0) is 17.5 Å². The molecule has 0 aliphatic carbocycles. The van der Waals surface area contributed by atoms with Crippen molar-refractivity contribution in [3.05, 3.63) is 84.2 Å². The molecule has 0 fully saturated rings. The maximum Gasteiger partial charge on any atom is 0.416 e. The molecule has 0 saturated heterocycles. The van der Waals surface area contributed by atoms with Gasteiger partial charge in [0, 0.05) is 48.3 Å². The number of benzene rings is 2. The highest BCUT2D eigenvalue weighted by Crippen LogP contribution is 2.33. The SMILES string of the molecule is COCCn1c(-c2ccc(C(F)(F)F)cc2)cc2cc(NC(=O)c3cccnc3)ccc21. The highest BCUT2D eigenvalue weighted by Gasteiger charge is 2.30. The smallest absolute Gasteiger partial charge is 0.383 e. The van der Waals surface area contributed by atoms with Gasteiger partial charge in [0.05, 0.1) is 17.7 Å². The predicted octanol–water partition coefficient (Wildman–Crippen LogP) is 5.62. The van der Waals surface area contributed by atoms with Crippen LogP contribution in [0.25, 0.3) is 22.2 Å². The van der Waals surface area contributed by atoms with E-state index in [2.05, 4.69) is 10.3 Å². The Bertz CT molecular complexity index is 1230. The van der Waals surface area contributed by atoms with Gasteiger partial charge in [-0.05, 0) is 54.1 Å². The summed E-state index contributed by atoms with van der Waals surface area (Å²) in [6.45, 7) is 0.967. The molecule has 1 N–H and O–H groups in total. The second kappa shape index (κ2) is 8.84. The van der Waals surface area contributed by atoms with Crippen LogP contribution in [-0.4, -0.2) is 29.2 Å². The first kappa shape index (κ1) is 21.6. The average molecular weight is 439 g/mol. The van der Waals surface area contributed by atoms with Gasteiger partial charge in [-0.1, -0.05) is 12.1 Å². The molecule has 0 unspecified atom stereocenters. The van der Waals surface area contributed by atoms with Crippen molar-refractivity contribution in [2.75, 3.05) is 19.0 Å². The fourth-order valence-electron chi connectivity index (χ4n) is 3.54. The molecular formula is C24H20F3N3O2. The molecule has 0 aliphatic rings. The number of amides is 1. The Balaban J connectivity index is 1.70. The van der Waals surface area contributed by atoms with Crippen molar-refractivity contribution in [1.82, 2.24) is 9.55 Å². The van der Waals surface area contributed by atoms with E-state index in [9.17, 15) is 18.0 Å². The van der Waals surface area contributed by atoms with E-state index >= 15 is 0 Å². The number of anilines is 1. The molecule has 0 atom stereocenters. The lowest BCUT2D eigenvalue weighted by molar-refractivity contribution is -0.137. The molecule has 5 nitrogen and oxygen atoms in total. The van der Waals surface area contributed by atoms with E-state index in [0.29, 0.717) is 30.0 Å². The van der Waals surface area contributed by atoms with Gasteiger partial charge in [0.25, 0.3) is 5.91 Å². The second-order valence-electron chi connectivity index (χ2n) is 7.22. The highest BCUT2D eigenvalue weighted by atomic mass is 19.4. The Morgan fingerprint density at radius 3 is 2.53 bits per heavy atom. The largest absolute Gasteiger partial charge is 0.416 e. The van der Waals surface area contributed by atoms with E-state index < -0.39 is 11.7 Å². The fraction of sp³-hybridized carbons (Fsp3) is 0.167. The van der Waals surface area contributed by atoms with E-state index in [4.69, 9.17) is 4.74 Å². The van der Waals surface area contributed by atoms with Crippen LogP contribution in [0, 0.1) is 0 Å². The number of hydrogen-bond donors (Lipinski definition) is 1. The van der Waals surface area contributed by atoms with Crippen molar-refractivity contribution in [1.29, 1.82) is 0 Å². The molecule has 1 amide bonds. The summed E-state index contributed by atoms with van der Waals surface area (Å²) in [5.74, 6) is -0.278. The standard InChI is InChI=1S/C24H20F3N3O2/c1-32-12-11-30-21-9-8-20(29-23(31)17-3-2-10-28-15-17)13-18(21)14-22(30)16-4-6-19(7-5-16)24(25,26)27/h2-10,13-15H,11-12H2,1H3,(H,29,31). The first-order valence-corrected chi connectivity index (χ1v) is 9.88. The van der Waals surface area contributed by atoms with E-state index in [1.807, 2.05) is 22.8 Å². The molecule has 4 aromatic rings. The minimum absolute atomic E-state index is 0.278. The molecule has 8 heteroatoms. The second-order valence-corrected chi connectivity index (χ2v) is 7.22. The first-order valence-electron chi connectivity index (χ1n) is 9.88. The molecule has 164 valence electrons. The van der Waals surface area contributed by atoms with Crippen LogP contribution >= 0.6 is 0 Å². The quantitative estimate of drug-likeness (QED) is 0.424. The summed E-state index contributed by atoms with van der Waals surface area (Å²) in [5, 5.41) is 3.70. The van der Waals surface area contributed by atoms with Gasteiger partial charge in [-0.3, -0.25) is 9.78 Å². The van der Waals surface area contributed by atoms with Gasteiger partial charge < -0.3 is 14.6 Å². The number of ether oxygens (including phenoxy) is 1. The van der Waals surface area contributed by atoms with Crippen LogP contribution in [0.4, 0.5) is 18.9 Å². The van der Waals surface area contributed by atoms with Crippen LogP contribution < -0.4 is 5.32 Å². The number of pyridine rings is 1. The molecule has 0 aliphatic heterocycles.